The molecule has 2 heterocycles. The highest BCUT2D eigenvalue weighted by Crippen LogP contribution is 2.16. The second-order valence-corrected chi connectivity index (χ2v) is 4.00. The van der Waals surface area contributed by atoms with Gasteiger partial charge in [-0.2, -0.15) is 0 Å². The van der Waals surface area contributed by atoms with Crippen molar-refractivity contribution >= 4 is 5.69 Å². The van der Waals surface area contributed by atoms with E-state index < -0.39 is 0 Å². The Labute approximate surface area is 99.9 Å². The lowest BCUT2D eigenvalue weighted by Crippen LogP contribution is -2.17. The van der Waals surface area contributed by atoms with Crippen LogP contribution >= 0.6 is 0 Å². The highest BCUT2D eigenvalue weighted by atomic mass is 14.9. The molecule has 4 N–H and O–H groups in total. The minimum Gasteiger partial charge on any atom is -0.398 e. The fourth-order valence-corrected chi connectivity index (χ4v) is 1.53. The van der Waals surface area contributed by atoms with Crippen molar-refractivity contribution in [3.63, 3.8) is 0 Å². The van der Waals surface area contributed by atoms with Crippen LogP contribution in [0.5, 0.6) is 0 Å². The van der Waals surface area contributed by atoms with E-state index in [4.69, 9.17) is 11.5 Å². The first-order chi connectivity index (χ1) is 8.16. The summed E-state index contributed by atoms with van der Waals surface area (Å²) in [5.41, 5.74) is 14.5. The minimum atomic E-state index is -0.262. The summed E-state index contributed by atoms with van der Waals surface area (Å²) in [5.74, 6) is 0.624. The SMILES string of the molecule is Cc1cnc(C(N)Cc2cnccc2N)nc1. The zero-order valence-corrected chi connectivity index (χ0v) is 9.67. The quantitative estimate of drug-likeness (QED) is 0.819. The molecule has 0 aliphatic carbocycles. The molecule has 0 saturated heterocycles. The van der Waals surface area contributed by atoms with Crippen LogP contribution in [0.2, 0.25) is 0 Å². The maximum absolute atomic E-state index is 6.04. The summed E-state index contributed by atoms with van der Waals surface area (Å²) < 4.78 is 0. The second-order valence-electron chi connectivity index (χ2n) is 4.00. The van der Waals surface area contributed by atoms with Gasteiger partial charge in [0.15, 0.2) is 0 Å². The molecule has 0 fully saturated rings. The van der Waals surface area contributed by atoms with E-state index in [2.05, 4.69) is 15.0 Å². The number of nitrogens with two attached hydrogens (primary N) is 2. The number of pyridine rings is 1. The smallest absolute Gasteiger partial charge is 0.145 e. The van der Waals surface area contributed by atoms with Crippen molar-refractivity contribution in [3.8, 4) is 0 Å². The van der Waals surface area contributed by atoms with Crippen molar-refractivity contribution in [1.29, 1.82) is 0 Å². The van der Waals surface area contributed by atoms with E-state index in [0.717, 1.165) is 11.1 Å². The first kappa shape index (κ1) is 11.5. The number of nitrogens with zero attached hydrogens (tertiary/aromatic N) is 3. The van der Waals surface area contributed by atoms with Gasteiger partial charge in [-0.15, -0.1) is 0 Å². The van der Waals surface area contributed by atoms with E-state index in [1.54, 1.807) is 30.9 Å². The molecule has 2 rings (SSSR count). The summed E-state index contributed by atoms with van der Waals surface area (Å²) in [6.45, 7) is 1.94. The van der Waals surface area contributed by atoms with Gasteiger partial charge >= 0.3 is 0 Å². The number of hydrogen-bond donors (Lipinski definition) is 2. The Morgan fingerprint density at radius 2 is 1.94 bits per heavy atom. The number of aryl methyl sites for hydroxylation is 1. The second kappa shape index (κ2) is 4.88. The average molecular weight is 229 g/mol. The maximum atomic E-state index is 6.04. The van der Waals surface area contributed by atoms with Crippen LogP contribution in [0.3, 0.4) is 0 Å². The molecule has 0 aliphatic heterocycles. The van der Waals surface area contributed by atoms with Gasteiger partial charge in [-0.1, -0.05) is 0 Å². The predicted octanol–water partition coefficient (Wildman–Crippen LogP) is 1.00. The molecule has 0 aromatic carbocycles. The van der Waals surface area contributed by atoms with Crippen LogP contribution in [0.15, 0.2) is 30.9 Å². The molecule has 5 nitrogen and oxygen atoms in total. The Balaban J connectivity index is 2.14. The highest BCUT2D eigenvalue weighted by molar-refractivity contribution is 5.44. The van der Waals surface area contributed by atoms with Crippen molar-refractivity contribution in [2.75, 3.05) is 5.73 Å². The van der Waals surface area contributed by atoms with Crippen molar-refractivity contribution in [2.45, 2.75) is 19.4 Å². The summed E-state index contributed by atoms with van der Waals surface area (Å²) in [6, 6.07) is 1.50. The number of hydrogen-bond acceptors (Lipinski definition) is 5. The van der Waals surface area contributed by atoms with Gasteiger partial charge in [0.05, 0.1) is 6.04 Å². The minimum absolute atomic E-state index is 0.262. The zero-order chi connectivity index (χ0) is 12.3. The molecule has 1 unspecified atom stereocenters. The molecule has 2 aromatic heterocycles. The Kier molecular flexibility index (Phi) is 3.30. The summed E-state index contributed by atoms with van der Waals surface area (Å²) in [7, 11) is 0. The molecule has 17 heavy (non-hydrogen) atoms. The van der Waals surface area contributed by atoms with E-state index in [9.17, 15) is 0 Å². The first-order valence-corrected chi connectivity index (χ1v) is 5.39. The van der Waals surface area contributed by atoms with Gasteiger partial charge in [0.2, 0.25) is 0 Å². The Morgan fingerprint density at radius 3 is 2.59 bits per heavy atom. The lowest BCUT2D eigenvalue weighted by molar-refractivity contribution is 0.665. The van der Waals surface area contributed by atoms with Gasteiger partial charge in [-0.05, 0) is 30.5 Å². The number of anilines is 1. The number of nitrogen functional groups attached to an aromatic ring is 1. The van der Waals surface area contributed by atoms with Crippen LogP contribution in [0.4, 0.5) is 5.69 Å². The lowest BCUT2D eigenvalue weighted by atomic mass is 10.1. The normalized spacial score (nSPS) is 12.4. The summed E-state index contributed by atoms with van der Waals surface area (Å²) in [6.07, 6.45) is 7.49. The van der Waals surface area contributed by atoms with Crippen LogP contribution in [0, 0.1) is 6.92 Å². The fourth-order valence-electron chi connectivity index (χ4n) is 1.53. The fraction of sp³-hybridized carbons (Fsp3) is 0.250. The summed E-state index contributed by atoms with van der Waals surface area (Å²) >= 11 is 0. The van der Waals surface area contributed by atoms with Gasteiger partial charge in [-0.25, -0.2) is 9.97 Å². The Bertz CT molecular complexity index is 495. The first-order valence-electron chi connectivity index (χ1n) is 5.39. The van der Waals surface area contributed by atoms with E-state index >= 15 is 0 Å². The van der Waals surface area contributed by atoms with Crippen LogP contribution in [0.1, 0.15) is 23.0 Å². The van der Waals surface area contributed by atoms with Gasteiger partial charge in [-0.3, -0.25) is 4.98 Å². The predicted molar refractivity (Wildman–Crippen MR) is 66.1 cm³/mol. The van der Waals surface area contributed by atoms with Crippen molar-refractivity contribution in [1.82, 2.24) is 15.0 Å². The third-order valence-electron chi connectivity index (χ3n) is 2.51. The third-order valence-corrected chi connectivity index (χ3v) is 2.51. The maximum Gasteiger partial charge on any atom is 0.145 e. The van der Waals surface area contributed by atoms with Crippen molar-refractivity contribution in [2.24, 2.45) is 5.73 Å². The van der Waals surface area contributed by atoms with Crippen LogP contribution in [-0.4, -0.2) is 15.0 Å². The molecular formula is C12H15N5. The van der Waals surface area contributed by atoms with Crippen LogP contribution in [-0.2, 0) is 6.42 Å². The number of aromatic nitrogens is 3. The topological polar surface area (TPSA) is 90.7 Å². The summed E-state index contributed by atoms with van der Waals surface area (Å²) in [4.78, 5) is 12.4. The van der Waals surface area contributed by atoms with E-state index in [0.29, 0.717) is 17.9 Å². The van der Waals surface area contributed by atoms with E-state index in [1.807, 2.05) is 6.92 Å². The molecular weight excluding hydrogens is 214 g/mol. The van der Waals surface area contributed by atoms with E-state index in [-0.39, 0.29) is 6.04 Å². The van der Waals surface area contributed by atoms with Gasteiger partial charge in [0.1, 0.15) is 5.82 Å². The van der Waals surface area contributed by atoms with Crippen molar-refractivity contribution in [3.05, 3.63) is 47.8 Å². The molecule has 0 bridgehead atoms. The van der Waals surface area contributed by atoms with E-state index in [1.165, 1.54) is 0 Å². The number of rotatable bonds is 3. The molecule has 0 saturated carbocycles. The zero-order valence-electron chi connectivity index (χ0n) is 9.67. The van der Waals surface area contributed by atoms with Gasteiger partial charge in [0, 0.05) is 30.5 Å². The standard InChI is InChI=1S/C12H15N5/c1-8-5-16-12(17-6-8)11(14)4-9-7-15-3-2-10(9)13/h2-3,5-7,11H,4,14H2,1H3,(H2,13,15). The monoisotopic (exact) mass is 229 g/mol. The molecule has 0 aliphatic rings. The lowest BCUT2D eigenvalue weighted by Gasteiger charge is -2.11. The average Bonchev–Trinajstić information content (AvgIpc) is 2.33. The Hall–Kier alpha value is -2.01. The molecule has 0 radical (unpaired) electrons. The Morgan fingerprint density at radius 1 is 1.24 bits per heavy atom. The molecule has 2 aromatic rings. The highest BCUT2D eigenvalue weighted by Gasteiger charge is 2.11. The van der Waals surface area contributed by atoms with Gasteiger partial charge < -0.3 is 11.5 Å². The van der Waals surface area contributed by atoms with Crippen LogP contribution < -0.4 is 11.5 Å². The molecule has 88 valence electrons. The molecule has 0 amide bonds. The molecule has 5 heteroatoms. The largest absolute Gasteiger partial charge is 0.398 e. The molecule has 1 atom stereocenters. The third kappa shape index (κ3) is 2.76. The van der Waals surface area contributed by atoms with Gasteiger partial charge in [0.25, 0.3) is 0 Å². The molecule has 0 spiro atoms. The van der Waals surface area contributed by atoms with Crippen molar-refractivity contribution < 1.29 is 0 Å². The summed E-state index contributed by atoms with van der Waals surface area (Å²) in [5, 5.41) is 0. The van der Waals surface area contributed by atoms with Crippen LogP contribution in [0.25, 0.3) is 0 Å².